The molecule has 1 heterocycles. The zero-order valence-corrected chi connectivity index (χ0v) is 20.6. The van der Waals surface area contributed by atoms with Crippen molar-refractivity contribution >= 4 is 31.4 Å². The second-order valence-electron chi connectivity index (χ2n) is 8.03. The molecule has 1 atom stereocenters. The van der Waals surface area contributed by atoms with Crippen LogP contribution in [-0.4, -0.2) is 40.3 Å². The molecule has 1 unspecified atom stereocenters. The lowest BCUT2D eigenvalue weighted by atomic mass is 9.96. The topological polar surface area (TPSA) is 105 Å². The van der Waals surface area contributed by atoms with Crippen LogP contribution in [0.1, 0.15) is 29.2 Å². The van der Waals surface area contributed by atoms with E-state index >= 15 is 0 Å². The molecule has 0 bridgehead atoms. The fourth-order valence-electron chi connectivity index (χ4n) is 3.88. The molecule has 4 rings (SSSR count). The van der Waals surface area contributed by atoms with Crippen LogP contribution >= 0.6 is 0 Å². The third-order valence-corrected chi connectivity index (χ3v) is 7.85. The Bertz CT molecular complexity index is 1430. The Morgan fingerprint density at radius 2 is 1.59 bits per heavy atom. The molecule has 34 heavy (non-hydrogen) atoms. The molecule has 0 spiro atoms. The van der Waals surface area contributed by atoms with Crippen molar-refractivity contribution in [3.8, 4) is 5.75 Å². The summed E-state index contributed by atoms with van der Waals surface area (Å²) in [6.07, 6.45) is 1.45. The van der Waals surface area contributed by atoms with Gasteiger partial charge in [-0.2, -0.15) is 17.9 Å². The molecular formula is C24H25N3O5S2. The lowest BCUT2D eigenvalue weighted by Gasteiger charge is -2.24. The zero-order chi connectivity index (χ0) is 24.5. The molecule has 8 nitrogen and oxygen atoms in total. The smallest absolute Gasteiger partial charge is 0.279 e. The Labute approximate surface area is 200 Å². The van der Waals surface area contributed by atoms with Gasteiger partial charge in [0.25, 0.3) is 10.0 Å². The molecule has 178 valence electrons. The van der Waals surface area contributed by atoms with Crippen molar-refractivity contribution in [2.75, 3.05) is 18.1 Å². The predicted octanol–water partition coefficient (Wildman–Crippen LogP) is 3.92. The van der Waals surface area contributed by atoms with Gasteiger partial charge in [0.15, 0.2) is 0 Å². The number of anilines is 1. The van der Waals surface area contributed by atoms with E-state index in [1.807, 2.05) is 31.2 Å². The molecule has 1 aliphatic heterocycles. The minimum atomic E-state index is -3.95. The van der Waals surface area contributed by atoms with E-state index in [1.165, 1.54) is 23.7 Å². The zero-order valence-electron chi connectivity index (χ0n) is 19.0. The second-order valence-corrected chi connectivity index (χ2v) is 11.6. The fourth-order valence-corrected chi connectivity index (χ4v) is 5.87. The molecule has 0 aliphatic carbocycles. The molecular weight excluding hydrogens is 474 g/mol. The van der Waals surface area contributed by atoms with Crippen LogP contribution < -0.4 is 9.46 Å². The van der Waals surface area contributed by atoms with E-state index in [0.29, 0.717) is 29.1 Å². The van der Waals surface area contributed by atoms with Crippen molar-refractivity contribution in [2.45, 2.75) is 24.3 Å². The summed E-state index contributed by atoms with van der Waals surface area (Å²) in [4.78, 5) is 0.115. The van der Waals surface area contributed by atoms with Gasteiger partial charge in [0.1, 0.15) is 5.75 Å². The van der Waals surface area contributed by atoms with E-state index in [2.05, 4.69) is 9.82 Å². The first-order valence-corrected chi connectivity index (χ1v) is 13.8. The van der Waals surface area contributed by atoms with E-state index < -0.39 is 26.1 Å². The number of benzene rings is 3. The Morgan fingerprint density at radius 1 is 0.941 bits per heavy atom. The Hall–Kier alpha value is -3.37. The van der Waals surface area contributed by atoms with Crippen molar-refractivity contribution in [3.63, 3.8) is 0 Å². The predicted molar refractivity (Wildman–Crippen MR) is 132 cm³/mol. The standard InChI is InChI=1S/C24H25N3O5S2/c1-17-6-4-5-7-22(17)24-16-23(18-8-10-19(11-9-18)26-33(3,28)29)25-27(24)34(30,31)21-14-12-20(32-2)13-15-21/h4-15,24,26H,16H2,1-3H3. The highest BCUT2D eigenvalue weighted by Gasteiger charge is 2.38. The molecule has 0 fully saturated rings. The summed E-state index contributed by atoms with van der Waals surface area (Å²) in [5.74, 6) is 0.558. The maximum Gasteiger partial charge on any atom is 0.279 e. The summed E-state index contributed by atoms with van der Waals surface area (Å²) in [6, 6.07) is 20.0. The minimum absolute atomic E-state index is 0.115. The van der Waals surface area contributed by atoms with E-state index in [4.69, 9.17) is 4.74 Å². The average Bonchev–Trinajstić information content (AvgIpc) is 3.25. The largest absolute Gasteiger partial charge is 0.497 e. The van der Waals surface area contributed by atoms with Gasteiger partial charge in [0, 0.05) is 12.1 Å². The van der Waals surface area contributed by atoms with Gasteiger partial charge in [-0.15, -0.1) is 0 Å². The summed E-state index contributed by atoms with van der Waals surface area (Å²) in [6.45, 7) is 1.94. The maximum atomic E-state index is 13.6. The van der Waals surface area contributed by atoms with E-state index in [9.17, 15) is 16.8 Å². The summed E-state index contributed by atoms with van der Waals surface area (Å²) in [7, 11) is -5.83. The molecule has 1 aliphatic rings. The molecule has 3 aromatic rings. The van der Waals surface area contributed by atoms with Crippen LogP contribution in [-0.2, 0) is 20.0 Å². The number of aryl methyl sites for hydroxylation is 1. The van der Waals surface area contributed by atoms with Gasteiger partial charge in [-0.05, 0) is 60.0 Å². The van der Waals surface area contributed by atoms with E-state index in [-0.39, 0.29) is 4.90 Å². The fraction of sp³-hybridized carbons (Fsp3) is 0.208. The van der Waals surface area contributed by atoms with Crippen LogP contribution in [0.15, 0.2) is 82.8 Å². The maximum absolute atomic E-state index is 13.6. The number of hydrogen-bond donors (Lipinski definition) is 1. The van der Waals surface area contributed by atoms with Crippen molar-refractivity contribution in [3.05, 3.63) is 89.5 Å². The Kier molecular flexibility index (Phi) is 6.37. The normalized spacial score (nSPS) is 16.3. The van der Waals surface area contributed by atoms with Crippen LogP contribution in [0.3, 0.4) is 0 Å². The van der Waals surface area contributed by atoms with Gasteiger partial charge in [0.05, 0.1) is 30.0 Å². The van der Waals surface area contributed by atoms with Crippen LogP contribution in [0.2, 0.25) is 0 Å². The first kappa shape index (κ1) is 23.8. The SMILES string of the molecule is COc1ccc(S(=O)(=O)N2N=C(c3ccc(NS(C)(=O)=O)cc3)CC2c2ccccc2C)cc1. The summed E-state index contributed by atoms with van der Waals surface area (Å²) in [5, 5.41) is 4.54. The molecule has 1 N–H and O–H groups in total. The second kappa shape index (κ2) is 9.11. The van der Waals surface area contributed by atoms with Crippen LogP contribution in [0.5, 0.6) is 5.75 Å². The summed E-state index contributed by atoms with van der Waals surface area (Å²) in [5.41, 5.74) is 3.56. The highest BCUT2D eigenvalue weighted by atomic mass is 32.2. The van der Waals surface area contributed by atoms with Gasteiger partial charge >= 0.3 is 0 Å². The van der Waals surface area contributed by atoms with Crippen molar-refractivity contribution in [2.24, 2.45) is 5.10 Å². The highest BCUT2D eigenvalue weighted by molar-refractivity contribution is 7.92. The van der Waals surface area contributed by atoms with Crippen molar-refractivity contribution in [1.29, 1.82) is 0 Å². The van der Waals surface area contributed by atoms with Gasteiger partial charge in [0.2, 0.25) is 10.0 Å². The molecule has 3 aromatic carbocycles. The van der Waals surface area contributed by atoms with Gasteiger partial charge < -0.3 is 4.74 Å². The first-order chi connectivity index (χ1) is 16.1. The number of sulfonamides is 2. The molecule has 0 saturated carbocycles. The number of methoxy groups -OCH3 is 1. The third kappa shape index (κ3) is 4.92. The van der Waals surface area contributed by atoms with E-state index in [0.717, 1.165) is 17.4 Å². The summed E-state index contributed by atoms with van der Waals surface area (Å²) < 4.78 is 59.0. The molecule has 0 aromatic heterocycles. The monoisotopic (exact) mass is 499 g/mol. The molecule has 0 saturated heterocycles. The Balaban J connectivity index is 1.74. The van der Waals surface area contributed by atoms with Gasteiger partial charge in [-0.1, -0.05) is 36.4 Å². The average molecular weight is 500 g/mol. The molecule has 10 heteroatoms. The lowest BCUT2D eigenvalue weighted by molar-refractivity contribution is 0.370. The van der Waals surface area contributed by atoms with Crippen LogP contribution in [0.4, 0.5) is 5.69 Å². The number of nitrogens with one attached hydrogen (secondary N) is 1. The highest BCUT2D eigenvalue weighted by Crippen LogP contribution is 2.38. The number of hydrazone groups is 1. The number of rotatable bonds is 7. The Morgan fingerprint density at radius 3 is 2.18 bits per heavy atom. The van der Waals surface area contributed by atoms with Crippen molar-refractivity contribution < 1.29 is 21.6 Å². The third-order valence-electron chi connectivity index (χ3n) is 5.54. The first-order valence-electron chi connectivity index (χ1n) is 10.5. The van der Waals surface area contributed by atoms with Gasteiger partial charge in [-0.25, -0.2) is 8.42 Å². The van der Waals surface area contributed by atoms with Crippen LogP contribution in [0, 0.1) is 6.92 Å². The van der Waals surface area contributed by atoms with Crippen LogP contribution in [0.25, 0.3) is 0 Å². The lowest BCUT2D eigenvalue weighted by Crippen LogP contribution is -2.27. The number of ether oxygens (including phenoxy) is 1. The minimum Gasteiger partial charge on any atom is -0.497 e. The van der Waals surface area contributed by atoms with E-state index in [1.54, 1.807) is 36.4 Å². The van der Waals surface area contributed by atoms with Gasteiger partial charge in [-0.3, -0.25) is 4.72 Å². The van der Waals surface area contributed by atoms with Crippen molar-refractivity contribution in [1.82, 2.24) is 4.41 Å². The molecule has 0 radical (unpaired) electrons. The number of hydrogen-bond acceptors (Lipinski definition) is 6. The number of nitrogens with zero attached hydrogens (tertiary/aromatic N) is 2. The quantitative estimate of drug-likeness (QED) is 0.531. The molecule has 0 amide bonds. The summed E-state index contributed by atoms with van der Waals surface area (Å²) >= 11 is 0.